The van der Waals surface area contributed by atoms with E-state index in [-0.39, 0.29) is 0 Å². The highest BCUT2D eigenvalue weighted by molar-refractivity contribution is 9.10. The summed E-state index contributed by atoms with van der Waals surface area (Å²) in [4.78, 5) is 8.49. The van der Waals surface area contributed by atoms with E-state index in [0.29, 0.717) is 0 Å². The first kappa shape index (κ1) is 9.34. The Hall–Kier alpha value is -1.22. The van der Waals surface area contributed by atoms with Gasteiger partial charge >= 0.3 is 0 Å². The van der Waals surface area contributed by atoms with E-state index in [4.69, 9.17) is 0 Å². The predicted molar refractivity (Wildman–Crippen MR) is 59.9 cm³/mol. The molecule has 0 N–H and O–H groups in total. The van der Waals surface area contributed by atoms with E-state index in [2.05, 4.69) is 25.9 Å². The molecule has 0 bridgehead atoms. The Bertz CT molecular complexity index is 440. The van der Waals surface area contributed by atoms with Crippen LogP contribution < -0.4 is 0 Å². The topological polar surface area (TPSA) is 25.8 Å². The Labute approximate surface area is 91.2 Å². The molecule has 0 amide bonds. The van der Waals surface area contributed by atoms with E-state index in [9.17, 15) is 0 Å². The molecule has 0 saturated carbocycles. The summed E-state index contributed by atoms with van der Waals surface area (Å²) in [5.41, 5.74) is 2.04. The number of hydrogen-bond acceptors (Lipinski definition) is 2. The number of nitrogens with zero attached hydrogens (tertiary/aromatic N) is 2. The Morgan fingerprint density at radius 2 is 1.86 bits per heavy atom. The quantitative estimate of drug-likeness (QED) is 0.775. The summed E-state index contributed by atoms with van der Waals surface area (Å²) in [6.07, 6.45) is 1.78. The summed E-state index contributed by atoms with van der Waals surface area (Å²) in [6, 6.07) is 10.1. The van der Waals surface area contributed by atoms with Gasteiger partial charge in [0.15, 0.2) is 0 Å². The van der Waals surface area contributed by atoms with Gasteiger partial charge in [-0.2, -0.15) is 0 Å². The lowest BCUT2D eigenvalue weighted by Crippen LogP contribution is -1.91. The number of aromatic nitrogens is 2. The van der Waals surface area contributed by atoms with Crippen molar-refractivity contribution in [3.8, 4) is 11.3 Å². The number of benzene rings is 1. The van der Waals surface area contributed by atoms with Crippen LogP contribution in [0.3, 0.4) is 0 Å². The van der Waals surface area contributed by atoms with Crippen molar-refractivity contribution in [1.29, 1.82) is 0 Å². The minimum atomic E-state index is 0.784. The summed E-state index contributed by atoms with van der Waals surface area (Å²) in [7, 11) is 0. The van der Waals surface area contributed by atoms with Crippen molar-refractivity contribution < 1.29 is 0 Å². The van der Waals surface area contributed by atoms with Crippen LogP contribution in [0.4, 0.5) is 0 Å². The molecule has 2 nitrogen and oxygen atoms in total. The van der Waals surface area contributed by atoms with Gasteiger partial charge in [0.05, 0.1) is 10.2 Å². The number of rotatable bonds is 1. The van der Waals surface area contributed by atoms with Crippen LogP contribution in [-0.4, -0.2) is 9.97 Å². The van der Waals surface area contributed by atoms with E-state index in [1.165, 1.54) is 0 Å². The van der Waals surface area contributed by atoms with Crippen LogP contribution in [0.2, 0.25) is 0 Å². The third-order valence-electron chi connectivity index (χ3n) is 1.91. The molecule has 2 aromatic rings. The van der Waals surface area contributed by atoms with E-state index < -0.39 is 0 Å². The maximum atomic E-state index is 4.38. The predicted octanol–water partition coefficient (Wildman–Crippen LogP) is 3.21. The SMILES string of the molecule is Cc1ncc(Br)c(-c2ccccc2)n1. The van der Waals surface area contributed by atoms with Crippen molar-refractivity contribution in [3.05, 3.63) is 46.8 Å². The van der Waals surface area contributed by atoms with Gasteiger partial charge in [-0.3, -0.25) is 0 Å². The molecule has 1 aromatic heterocycles. The Balaban J connectivity index is 2.57. The maximum Gasteiger partial charge on any atom is 0.125 e. The molecule has 0 saturated heterocycles. The Kier molecular flexibility index (Phi) is 2.59. The van der Waals surface area contributed by atoms with Gasteiger partial charge in [0.1, 0.15) is 5.82 Å². The van der Waals surface area contributed by atoms with Gasteiger partial charge in [0, 0.05) is 11.8 Å². The summed E-state index contributed by atoms with van der Waals surface area (Å²) >= 11 is 3.44. The largest absolute Gasteiger partial charge is 0.240 e. The van der Waals surface area contributed by atoms with Crippen LogP contribution in [-0.2, 0) is 0 Å². The zero-order chi connectivity index (χ0) is 9.97. The fourth-order valence-corrected chi connectivity index (χ4v) is 1.67. The number of aryl methyl sites for hydroxylation is 1. The average molecular weight is 249 g/mol. The van der Waals surface area contributed by atoms with Crippen LogP contribution in [0.1, 0.15) is 5.82 Å². The van der Waals surface area contributed by atoms with Gasteiger partial charge in [-0.25, -0.2) is 9.97 Å². The van der Waals surface area contributed by atoms with Crippen LogP contribution in [0.5, 0.6) is 0 Å². The van der Waals surface area contributed by atoms with Crippen LogP contribution in [0.25, 0.3) is 11.3 Å². The second-order valence-corrected chi connectivity index (χ2v) is 3.83. The van der Waals surface area contributed by atoms with Crippen molar-refractivity contribution in [1.82, 2.24) is 9.97 Å². The van der Waals surface area contributed by atoms with E-state index in [1.807, 2.05) is 37.3 Å². The highest BCUT2D eigenvalue weighted by Gasteiger charge is 2.04. The molecule has 0 spiro atoms. The summed E-state index contributed by atoms with van der Waals surface area (Å²) < 4.78 is 0.925. The Morgan fingerprint density at radius 1 is 1.14 bits per heavy atom. The molecule has 1 heterocycles. The van der Waals surface area contributed by atoms with Gasteiger partial charge in [-0.15, -0.1) is 0 Å². The van der Waals surface area contributed by atoms with Crippen molar-refractivity contribution in [3.63, 3.8) is 0 Å². The fourth-order valence-electron chi connectivity index (χ4n) is 1.25. The van der Waals surface area contributed by atoms with Crippen molar-refractivity contribution in [2.75, 3.05) is 0 Å². The summed E-state index contributed by atoms with van der Waals surface area (Å²) in [6.45, 7) is 1.89. The van der Waals surface area contributed by atoms with Gasteiger partial charge in [0.25, 0.3) is 0 Å². The average Bonchev–Trinajstić information content (AvgIpc) is 2.23. The molecule has 0 fully saturated rings. The number of halogens is 1. The normalized spacial score (nSPS) is 10.1. The first-order chi connectivity index (χ1) is 6.77. The number of hydrogen-bond donors (Lipinski definition) is 0. The molecule has 0 atom stereocenters. The highest BCUT2D eigenvalue weighted by Crippen LogP contribution is 2.24. The molecular weight excluding hydrogens is 240 g/mol. The first-order valence-corrected chi connectivity index (χ1v) is 5.11. The zero-order valence-corrected chi connectivity index (χ0v) is 9.32. The molecule has 3 heteroatoms. The van der Waals surface area contributed by atoms with Gasteiger partial charge < -0.3 is 0 Å². The molecule has 70 valence electrons. The molecular formula is C11H9BrN2. The lowest BCUT2D eigenvalue weighted by molar-refractivity contribution is 1.05. The molecule has 0 aliphatic carbocycles. The summed E-state index contributed by atoms with van der Waals surface area (Å²) in [5, 5.41) is 0. The molecule has 1 aromatic carbocycles. The molecule has 14 heavy (non-hydrogen) atoms. The van der Waals surface area contributed by atoms with E-state index in [0.717, 1.165) is 21.6 Å². The standard InChI is InChI=1S/C11H9BrN2/c1-8-13-7-10(12)11(14-8)9-5-3-2-4-6-9/h2-7H,1H3. The first-order valence-electron chi connectivity index (χ1n) is 4.32. The van der Waals surface area contributed by atoms with Gasteiger partial charge in [0.2, 0.25) is 0 Å². The smallest absolute Gasteiger partial charge is 0.125 e. The zero-order valence-electron chi connectivity index (χ0n) is 7.74. The molecule has 0 radical (unpaired) electrons. The van der Waals surface area contributed by atoms with Gasteiger partial charge in [-0.1, -0.05) is 30.3 Å². The lowest BCUT2D eigenvalue weighted by Gasteiger charge is -2.03. The van der Waals surface area contributed by atoms with Crippen molar-refractivity contribution >= 4 is 15.9 Å². The third-order valence-corrected chi connectivity index (χ3v) is 2.49. The second kappa shape index (κ2) is 3.88. The molecule has 0 aliphatic heterocycles. The van der Waals surface area contributed by atoms with Crippen LogP contribution in [0.15, 0.2) is 41.0 Å². The fraction of sp³-hybridized carbons (Fsp3) is 0.0909. The molecule has 2 rings (SSSR count). The second-order valence-electron chi connectivity index (χ2n) is 2.98. The summed E-state index contributed by atoms with van der Waals surface area (Å²) in [5.74, 6) is 0.784. The van der Waals surface area contributed by atoms with Crippen LogP contribution in [0, 0.1) is 6.92 Å². The van der Waals surface area contributed by atoms with E-state index in [1.54, 1.807) is 6.20 Å². The maximum absolute atomic E-state index is 4.38. The Morgan fingerprint density at radius 3 is 2.57 bits per heavy atom. The lowest BCUT2D eigenvalue weighted by atomic mass is 10.1. The third kappa shape index (κ3) is 1.82. The minimum Gasteiger partial charge on any atom is -0.240 e. The monoisotopic (exact) mass is 248 g/mol. The van der Waals surface area contributed by atoms with Crippen molar-refractivity contribution in [2.24, 2.45) is 0 Å². The van der Waals surface area contributed by atoms with Crippen LogP contribution >= 0.6 is 15.9 Å². The highest BCUT2D eigenvalue weighted by atomic mass is 79.9. The van der Waals surface area contributed by atoms with Crippen molar-refractivity contribution in [2.45, 2.75) is 6.92 Å². The molecule has 0 aliphatic rings. The molecule has 0 unspecified atom stereocenters. The minimum absolute atomic E-state index is 0.784. The van der Waals surface area contributed by atoms with E-state index >= 15 is 0 Å². The van der Waals surface area contributed by atoms with Gasteiger partial charge in [-0.05, 0) is 22.9 Å².